The highest BCUT2D eigenvalue weighted by Crippen LogP contribution is 2.29. The molecular weight excluding hydrogens is 392 g/mol. The molecule has 31 heavy (non-hydrogen) atoms. The quantitative estimate of drug-likeness (QED) is 0.501. The minimum atomic E-state index is -0.263. The summed E-state index contributed by atoms with van der Waals surface area (Å²) < 4.78 is 11.2. The molecule has 2 aromatic heterocycles. The number of nitrogens with zero attached hydrogens (tertiary/aromatic N) is 3. The molecule has 0 saturated heterocycles. The van der Waals surface area contributed by atoms with Crippen molar-refractivity contribution in [1.82, 2.24) is 15.0 Å². The summed E-state index contributed by atoms with van der Waals surface area (Å²) in [5, 5.41) is 2.91. The second-order valence-corrected chi connectivity index (χ2v) is 7.03. The molecule has 1 amide bonds. The van der Waals surface area contributed by atoms with E-state index in [-0.39, 0.29) is 12.5 Å². The van der Waals surface area contributed by atoms with Crippen LogP contribution in [0.5, 0.6) is 11.5 Å². The number of rotatable bonds is 6. The van der Waals surface area contributed by atoms with Crippen LogP contribution in [0.25, 0.3) is 11.0 Å². The molecule has 0 aliphatic heterocycles. The first-order valence-corrected chi connectivity index (χ1v) is 9.80. The largest absolute Gasteiger partial charge is 0.493 e. The Morgan fingerprint density at radius 2 is 1.74 bits per heavy atom. The lowest BCUT2D eigenvalue weighted by Gasteiger charge is -2.12. The predicted molar refractivity (Wildman–Crippen MR) is 119 cm³/mol. The van der Waals surface area contributed by atoms with Gasteiger partial charge in [0.15, 0.2) is 11.5 Å². The molecule has 7 heteroatoms. The van der Waals surface area contributed by atoms with Crippen LogP contribution >= 0.6 is 0 Å². The number of aromatic nitrogens is 3. The molecule has 4 rings (SSSR count). The van der Waals surface area contributed by atoms with E-state index < -0.39 is 0 Å². The number of amides is 1. The molecule has 0 atom stereocenters. The van der Waals surface area contributed by atoms with E-state index in [0.29, 0.717) is 22.7 Å². The Bertz CT molecular complexity index is 1240. The number of benzene rings is 2. The number of fused-ring (bicyclic) bond motifs is 1. The van der Waals surface area contributed by atoms with Crippen LogP contribution in [-0.2, 0) is 6.61 Å². The zero-order chi connectivity index (χ0) is 21.8. The average molecular weight is 414 g/mol. The van der Waals surface area contributed by atoms with Gasteiger partial charge in [-0.2, -0.15) is 0 Å². The van der Waals surface area contributed by atoms with E-state index in [1.165, 1.54) is 0 Å². The fourth-order valence-corrected chi connectivity index (χ4v) is 3.08. The number of nitrogens with one attached hydrogen (secondary N) is 1. The summed E-state index contributed by atoms with van der Waals surface area (Å²) in [6.07, 6.45) is 1.70. The molecule has 4 aromatic rings. The maximum atomic E-state index is 12.8. The van der Waals surface area contributed by atoms with Gasteiger partial charge in [-0.1, -0.05) is 6.07 Å². The Morgan fingerprint density at radius 1 is 0.935 bits per heavy atom. The van der Waals surface area contributed by atoms with Gasteiger partial charge in [0.2, 0.25) is 0 Å². The molecule has 0 saturated carbocycles. The van der Waals surface area contributed by atoms with Gasteiger partial charge < -0.3 is 14.8 Å². The number of carbonyl (C=O) groups is 1. The molecule has 2 aromatic carbocycles. The van der Waals surface area contributed by atoms with E-state index >= 15 is 0 Å². The van der Waals surface area contributed by atoms with Gasteiger partial charge in [-0.25, -0.2) is 9.97 Å². The third kappa shape index (κ3) is 4.61. The van der Waals surface area contributed by atoms with Gasteiger partial charge in [0.1, 0.15) is 6.61 Å². The molecule has 156 valence electrons. The van der Waals surface area contributed by atoms with Gasteiger partial charge >= 0.3 is 0 Å². The Kier molecular flexibility index (Phi) is 5.75. The van der Waals surface area contributed by atoms with Crippen molar-refractivity contribution in [3.63, 3.8) is 0 Å². The Balaban J connectivity index is 1.54. The number of methoxy groups -OCH3 is 1. The van der Waals surface area contributed by atoms with Crippen LogP contribution in [0.15, 0.2) is 60.8 Å². The molecule has 1 N–H and O–H groups in total. The first-order valence-electron chi connectivity index (χ1n) is 9.80. The van der Waals surface area contributed by atoms with Gasteiger partial charge in [-0.3, -0.25) is 9.78 Å². The number of hydrogen-bond acceptors (Lipinski definition) is 6. The molecule has 7 nitrogen and oxygen atoms in total. The van der Waals surface area contributed by atoms with Crippen molar-refractivity contribution in [2.75, 3.05) is 12.4 Å². The molecule has 0 bridgehead atoms. The second kappa shape index (κ2) is 8.79. The van der Waals surface area contributed by atoms with E-state index in [0.717, 1.165) is 28.1 Å². The minimum Gasteiger partial charge on any atom is -0.493 e. The lowest BCUT2D eigenvalue weighted by Crippen LogP contribution is -2.12. The highest BCUT2D eigenvalue weighted by atomic mass is 16.5. The van der Waals surface area contributed by atoms with Crippen LogP contribution in [0.1, 0.15) is 27.4 Å². The number of aryl methyl sites for hydroxylation is 2. The molecule has 0 aliphatic carbocycles. The monoisotopic (exact) mass is 414 g/mol. The summed E-state index contributed by atoms with van der Waals surface area (Å²) in [6.45, 7) is 4.11. The van der Waals surface area contributed by atoms with Gasteiger partial charge in [-0.05, 0) is 62.4 Å². The summed E-state index contributed by atoms with van der Waals surface area (Å²) in [4.78, 5) is 26.2. The number of pyridine rings is 1. The second-order valence-electron chi connectivity index (χ2n) is 7.03. The summed E-state index contributed by atoms with van der Waals surface area (Å²) in [5.74, 6) is 0.747. The number of ether oxygens (including phenoxy) is 2. The average Bonchev–Trinajstić information content (AvgIpc) is 2.79. The first kappa shape index (κ1) is 20.3. The van der Waals surface area contributed by atoms with E-state index in [9.17, 15) is 4.79 Å². The third-order valence-electron chi connectivity index (χ3n) is 4.86. The maximum Gasteiger partial charge on any atom is 0.255 e. The third-order valence-corrected chi connectivity index (χ3v) is 4.86. The maximum absolute atomic E-state index is 12.8. The molecule has 0 unspecified atom stereocenters. The zero-order valence-corrected chi connectivity index (χ0v) is 17.5. The summed E-state index contributed by atoms with van der Waals surface area (Å²) in [5.41, 5.74) is 5.14. The van der Waals surface area contributed by atoms with Crippen LogP contribution in [0, 0.1) is 13.8 Å². The van der Waals surface area contributed by atoms with Crippen LogP contribution in [0.3, 0.4) is 0 Å². The van der Waals surface area contributed by atoms with Gasteiger partial charge in [0.25, 0.3) is 5.91 Å². The predicted octanol–water partition coefficient (Wildman–Crippen LogP) is 4.48. The Morgan fingerprint density at radius 3 is 2.48 bits per heavy atom. The number of carbonyl (C=O) groups excluding carboxylic acids is 1. The van der Waals surface area contributed by atoms with Crippen LogP contribution in [-0.4, -0.2) is 28.0 Å². The van der Waals surface area contributed by atoms with Crippen molar-refractivity contribution in [2.45, 2.75) is 20.5 Å². The molecule has 0 fully saturated rings. The highest BCUT2D eigenvalue weighted by molar-refractivity contribution is 6.05. The minimum absolute atomic E-state index is 0.263. The van der Waals surface area contributed by atoms with E-state index in [1.807, 2.05) is 50.2 Å². The zero-order valence-electron chi connectivity index (χ0n) is 17.5. The molecule has 0 radical (unpaired) electrons. The summed E-state index contributed by atoms with van der Waals surface area (Å²) >= 11 is 0. The van der Waals surface area contributed by atoms with Gasteiger partial charge in [0, 0.05) is 17.4 Å². The van der Waals surface area contributed by atoms with Crippen LogP contribution < -0.4 is 14.8 Å². The lowest BCUT2D eigenvalue weighted by molar-refractivity contribution is 0.102. The van der Waals surface area contributed by atoms with Crippen LogP contribution in [0.4, 0.5) is 5.69 Å². The van der Waals surface area contributed by atoms with Crippen molar-refractivity contribution >= 4 is 22.6 Å². The standard InChI is InChI=1S/C24H22N4O3/c1-15-16(2)27-21-13-18(8-9-20(21)26-15)28-24(29)17-7-10-22(30-3)23(12-17)31-14-19-6-4-5-11-25-19/h4-13H,14H2,1-3H3,(H,28,29). The highest BCUT2D eigenvalue weighted by Gasteiger charge is 2.13. The lowest BCUT2D eigenvalue weighted by atomic mass is 10.1. The Labute approximate surface area is 180 Å². The number of anilines is 1. The van der Waals surface area contributed by atoms with Crippen molar-refractivity contribution in [3.05, 3.63) is 83.4 Å². The topological polar surface area (TPSA) is 86.2 Å². The molecule has 0 aliphatic rings. The summed E-state index contributed by atoms with van der Waals surface area (Å²) in [6, 6.07) is 16.1. The number of hydrogen-bond donors (Lipinski definition) is 1. The van der Waals surface area contributed by atoms with E-state index in [1.54, 1.807) is 31.5 Å². The first-order chi connectivity index (χ1) is 15.0. The molecule has 2 heterocycles. The van der Waals surface area contributed by atoms with E-state index in [4.69, 9.17) is 9.47 Å². The molecular formula is C24H22N4O3. The normalized spacial score (nSPS) is 10.7. The fourth-order valence-electron chi connectivity index (χ4n) is 3.08. The van der Waals surface area contributed by atoms with Crippen molar-refractivity contribution in [1.29, 1.82) is 0 Å². The van der Waals surface area contributed by atoms with Crippen molar-refractivity contribution in [2.24, 2.45) is 0 Å². The van der Waals surface area contributed by atoms with Crippen LogP contribution in [0.2, 0.25) is 0 Å². The van der Waals surface area contributed by atoms with Gasteiger partial charge in [0.05, 0.1) is 35.2 Å². The smallest absolute Gasteiger partial charge is 0.255 e. The Hall–Kier alpha value is -4.00. The summed E-state index contributed by atoms with van der Waals surface area (Å²) in [7, 11) is 1.56. The van der Waals surface area contributed by atoms with Crippen molar-refractivity contribution in [3.8, 4) is 11.5 Å². The van der Waals surface area contributed by atoms with E-state index in [2.05, 4.69) is 20.3 Å². The molecule has 0 spiro atoms. The SMILES string of the molecule is COc1ccc(C(=O)Nc2ccc3nc(C)c(C)nc3c2)cc1OCc1ccccn1. The van der Waals surface area contributed by atoms with Gasteiger partial charge in [-0.15, -0.1) is 0 Å². The fraction of sp³-hybridized carbons (Fsp3) is 0.167. The van der Waals surface area contributed by atoms with Crippen molar-refractivity contribution < 1.29 is 14.3 Å².